The molecular weight excluding hydrogens is 238 g/mol. The van der Waals surface area contributed by atoms with E-state index in [-0.39, 0.29) is 6.61 Å². The lowest BCUT2D eigenvalue weighted by atomic mass is 10.1. The fourth-order valence-electron chi connectivity index (χ4n) is 2.32. The van der Waals surface area contributed by atoms with Crippen LogP contribution in [-0.2, 0) is 0 Å². The van der Waals surface area contributed by atoms with Crippen molar-refractivity contribution in [2.75, 3.05) is 30.8 Å². The summed E-state index contributed by atoms with van der Waals surface area (Å²) in [6, 6.07) is 8.04. The average Bonchev–Trinajstić information content (AvgIpc) is 2.43. The molecule has 1 aromatic carbocycles. The number of aliphatic hydroxyl groups excluding tert-OH is 1. The molecule has 0 fully saturated rings. The Morgan fingerprint density at radius 3 is 2.79 bits per heavy atom. The molecule has 0 unspecified atom stereocenters. The fraction of sp³-hybridized carbons (Fsp3) is 0.400. The number of pyridine rings is 1. The van der Waals surface area contributed by atoms with E-state index in [1.54, 1.807) is 6.20 Å². The van der Waals surface area contributed by atoms with Gasteiger partial charge in [-0.25, -0.2) is 0 Å². The summed E-state index contributed by atoms with van der Waals surface area (Å²) in [7, 11) is 2.05. The van der Waals surface area contributed by atoms with Gasteiger partial charge in [0, 0.05) is 25.6 Å². The van der Waals surface area contributed by atoms with E-state index >= 15 is 0 Å². The first-order chi connectivity index (χ1) is 9.24. The molecule has 1 heterocycles. The molecule has 0 amide bonds. The van der Waals surface area contributed by atoms with Gasteiger partial charge in [0.2, 0.25) is 0 Å². The molecule has 0 radical (unpaired) electrons. The maximum absolute atomic E-state index is 8.79. The number of benzene rings is 1. The summed E-state index contributed by atoms with van der Waals surface area (Å²) in [5.74, 6) is 0. The van der Waals surface area contributed by atoms with Crippen molar-refractivity contribution in [1.29, 1.82) is 0 Å². The standard InChI is InChI=1S/C15H21N3O/c1-18(9-5-2-6-10-19)15-12-7-3-4-8-14(12)17-11-13(15)16/h3-4,7-8,11,19H,2,5-6,9-10,16H2,1H3. The zero-order chi connectivity index (χ0) is 13.7. The highest BCUT2D eigenvalue weighted by molar-refractivity contribution is 5.97. The highest BCUT2D eigenvalue weighted by Gasteiger charge is 2.10. The second kappa shape index (κ2) is 6.38. The highest BCUT2D eigenvalue weighted by Crippen LogP contribution is 2.30. The zero-order valence-corrected chi connectivity index (χ0v) is 11.3. The predicted octanol–water partition coefficient (Wildman–Crippen LogP) is 2.42. The largest absolute Gasteiger partial charge is 0.396 e. The molecule has 2 rings (SSSR count). The van der Waals surface area contributed by atoms with E-state index in [0.717, 1.165) is 42.4 Å². The molecule has 2 aromatic rings. The number of aliphatic hydroxyl groups is 1. The van der Waals surface area contributed by atoms with Crippen molar-refractivity contribution < 1.29 is 5.11 Å². The lowest BCUT2D eigenvalue weighted by molar-refractivity contribution is 0.283. The van der Waals surface area contributed by atoms with E-state index in [2.05, 4.69) is 23.0 Å². The number of hydrogen-bond acceptors (Lipinski definition) is 4. The Balaban J connectivity index is 2.20. The molecule has 0 aliphatic carbocycles. The van der Waals surface area contributed by atoms with Gasteiger partial charge in [-0.15, -0.1) is 0 Å². The fourth-order valence-corrected chi connectivity index (χ4v) is 2.32. The first kappa shape index (κ1) is 13.6. The molecule has 0 atom stereocenters. The summed E-state index contributed by atoms with van der Waals surface area (Å²) in [5, 5.41) is 9.88. The molecule has 4 nitrogen and oxygen atoms in total. The second-order valence-electron chi connectivity index (χ2n) is 4.79. The summed E-state index contributed by atoms with van der Waals surface area (Å²) in [5.41, 5.74) is 8.80. The Morgan fingerprint density at radius 2 is 2.00 bits per heavy atom. The molecule has 102 valence electrons. The molecule has 19 heavy (non-hydrogen) atoms. The third kappa shape index (κ3) is 3.15. The molecule has 0 aliphatic heterocycles. The third-order valence-electron chi connectivity index (χ3n) is 3.31. The number of fused-ring (bicyclic) bond motifs is 1. The van der Waals surface area contributed by atoms with Gasteiger partial charge < -0.3 is 15.7 Å². The summed E-state index contributed by atoms with van der Waals surface area (Å²) in [4.78, 5) is 6.53. The lowest BCUT2D eigenvalue weighted by Gasteiger charge is -2.22. The molecule has 0 bridgehead atoms. The predicted molar refractivity (Wildman–Crippen MR) is 80.4 cm³/mol. The summed E-state index contributed by atoms with van der Waals surface area (Å²) >= 11 is 0. The van der Waals surface area contributed by atoms with Crippen LogP contribution in [0.1, 0.15) is 19.3 Å². The number of anilines is 2. The van der Waals surface area contributed by atoms with Crippen molar-refractivity contribution >= 4 is 22.3 Å². The molecule has 4 heteroatoms. The molecular formula is C15H21N3O. The SMILES string of the molecule is CN(CCCCCO)c1c(N)cnc2ccccc12. The van der Waals surface area contributed by atoms with Crippen molar-refractivity contribution in [3.05, 3.63) is 30.5 Å². The van der Waals surface area contributed by atoms with Crippen LogP contribution >= 0.6 is 0 Å². The maximum atomic E-state index is 8.79. The van der Waals surface area contributed by atoms with E-state index < -0.39 is 0 Å². The minimum absolute atomic E-state index is 0.268. The Bertz CT molecular complexity index is 542. The van der Waals surface area contributed by atoms with Crippen LogP contribution in [0.2, 0.25) is 0 Å². The number of unbranched alkanes of at least 4 members (excludes halogenated alkanes) is 2. The number of para-hydroxylation sites is 1. The van der Waals surface area contributed by atoms with Gasteiger partial charge >= 0.3 is 0 Å². The van der Waals surface area contributed by atoms with Gasteiger partial charge in [-0.1, -0.05) is 18.2 Å². The van der Waals surface area contributed by atoms with Gasteiger partial charge in [-0.05, 0) is 25.3 Å². The van der Waals surface area contributed by atoms with E-state index in [1.165, 1.54) is 0 Å². The van der Waals surface area contributed by atoms with E-state index in [4.69, 9.17) is 10.8 Å². The van der Waals surface area contributed by atoms with Crippen molar-refractivity contribution in [2.45, 2.75) is 19.3 Å². The molecule has 3 N–H and O–H groups in total. The van der Waals surface area contributed by atoms with E-state index in [1.807, 2.05) is 18.2 Å². The molecule has 0 saturated heterocycles. The topological polar surface area (TPSA) is 62.4 Å². The first-order valence-corrected chi connectivity index (χ1v) is 6.69. The normalized spacial score (nSPS) is 10.8. The number of nitrogen functional groups attached to an aromatic ring is 1. The van der Waals surface area contributed by atoms with Crippen LogP contribution in [0.3, 0.4) is 0 Å². The highest BCUT2D eigenvalue weighted by atomic mass is 16.2. The maximum Gasteiger partial charge on any atom is 0.0745 e. The van der Waals surface area contributed by atoms with Gasteiger partial charge in [-0.2, -0.15) is 0 Å². The minimum Gasteiger partial charge on any atom is -0.396 e. The lowest BCUT2D eigenvalue weighted by Crippen LogP contribution is -2.20. The van der Waals surface area contributed by atoms with E-state index in [9.17, 15) is 0 Å². The number of nitrogens with two attached hydrogens (primary N) is 1. The Labute approximate surface area is 113 Å². The van der Waals surface area contributed by atoms with Crippen LogP contribution in [0.5, 0.6) is 0 Å². The Hall–Kier alpha value is -1.81. The van der Waals surface area contributed by atoms with Gasteiger partial charge in [0.05, 0.1) is 23.1 Å². The molecule has 1 aromatic heterocycles. The Morgan fingerprint density at radius 1 is 1.21 bits per heavy atom. The number of hydrogen-bond donors (Lipinski definition) is 2. The van der Waals surface area contributed by atoms with Crippen molar-refractivity contribution in [1.82, 2.24) is 4.98 Å². The average molecular weight is 259 g/mol. The van der Waals surface area contributed by atoms with Crippen molar-refractivity contribution in [3.63, 3.8) is 0 Å². The summed E-state index contributed by atoms with van der Waals surface area (Å²) < 4.78 is 0. The first-order valence-electron chi connectivity index (χ1n) is 6.69. The molecule has 0 spiro atoms. The van der Waals surface area contributed by atoms with Crippen LogP contribution in [0.25, 0.3) is 10.9 Å². The quantitative estimate of drug-likeness (QED) is 0.782. The smallest absolute Gasteiger partial charge is 0.0745 e. The van der Waals surface area contributed by atoms with Gasteiger partial charge in [0.15, 0.2) is 0 Å². The summed E-state index contributed by atoms with van der Waals surface area (Å²) in [6.07, 6.45) is 4.67. The van der Waals surface area contributed by atoms with Crippen LogP contribution in [0, 0.1) is 0 Å². The number of aromatic nitrogens is 1. The number of rotatable bonds is 6. The van der Waals surface area contributed by atoms with Gasteiger partial charge in [0.25, 0.3) is 0 Å². The van der Waals surface area contributed by atoms with Gasteiger partial charge in [0.1, 0.15) is 0 Å². The van der Waals surface area contributed by atoms with Crippen molar-refractivity contribution in [2.24, 2.45) is 0 Å². The molecule has 0 saturated carbocycles. The van der Waals surface area contributed by atoms with E-state index in [0.29, 0.717) is 5.69 Å². The van der Waals surface area contributed by atoms with Crippen molar-refractivity contribution in [3.8, 4) is 0 Å². The van der Waals surface area contributed by atoms with Gasteiger partial charge in [-0.3, -0.25) is 4.98 Å². The van der Waals surface area contributed by atoms with Crippen LogP contribution in [0.15, 0.2) is 30.5 Å². The summed E-state index contributed by atoms with van der Waals surface area (Å²) in [6.45, 7) is 1.20. The van der Waals surface area contributed by atoms with Crippen LogP contribution in [-0.4, -0.2) is 30.3 Å². The van der Waals surface area contributed by atoms with Crippen LogP contribution in [0.4, 0.5) is 11.4 Å². The second-order valence-corrected chi connectivity index (χ2v) is 4.79. The molecule has 0 aliphatic rings. The zero-order valence-electron chi connectivity index (χ0n) is 11.3. The minimum atomic E-state index is 0.268. The third-order valence-corrected chi connectivity index (χ3v) is 3.31. The van der Waals surface area contributed by atoms with Crippen LogP contribution < -0.4 is 10.6 Å². The monoisotopic (exact) mass is 259 g/mol. The number of nitrogens with zero attached hydrogens (tertiary/aromatic N) is 2. The Kier molecular flexibility index (Phi) is 4.58.